The number of carbonyl (C=O) groups is 1. The van der Waals surface area contributed by atoms with Gasteiger partial charge < -0.3 is 14.4 Å². The average Bonchev–Trinajstić information content (AvgIpc) is 2.99. The molecule has 5 heteroatoms. The molecule has 1 aromatic heterocycles. The van der Waals surface area contributed by atoms with Gasteiger partial charge in [0.15, 0.2) is 0 Å². The number of halogens is 1. The maximum absolute atomic E-state index is 13.0. The number of benzene rings is 2. The SMILES string of the molecule is Cn1cc(C(=O)N2CCN(c3ccccc3Cl)CC2)c2ccccc21. The number of para-hydroxylation sites is 2. The third-order valence-electron chi connectivity index (χ3n) is 4.89. The van der Waals surface area contributed by atoms with Gasteiger partial charge in [-0.1, -0.05) is 41.9 Å². The largest absolute Gasteiger partial charge is 0.367 e. The molecule has 0 radical (unpaired) electrons. The predicted molar refractivity (Wildman–Crippen MR) is 102 cm³/mol. The van der Waals surface area contributed by atoms with E-state index in [1.165, 1.54) is 0 Å². The van der Waals surface area contributed by atoms with Crippen LogP contribution in [0.1, 0.15) is 10.4 Å². The van der Waals surface area contributed by atoms with Gasteiger partial charge in [0.25, 0.3) is 5.91 Å². The lowest BCUT2D eigenvalue weighted by Gasteiger charge is -2.36. The Morgan fingerprint density at radius 1 is 0.960 bits per heavy atom. The molecule has 1 saturated heterocycles. The molecule has 2 heterocycles. The van der Waals surface area contributed by atoms with E-state index >= 15 is 0 Å². The number of nitrogens with zero attached hydrogens (tertiary/aromatic N) is 3. The van der Waals surface area contributed by atoms with Gasteiger partial charge in [-0.25, -0.2) is 0 Å². The molecule has 0 unspecified atom stereocenters. The second-order valence-electron chi connectivity index (χ2n) is 6.40. The highest BCUT2D eigenvalue weighted by atomic mass is 35.5. The number of piperazine rings is 1. The Balaban J connectivity index is 1.52. The Labute approximate surface area is 152 Å². The number of rotatable bonds is 2. The van der Waals surface area contributed by atoms with Gasteiger partial charge >= 0.3 is 0 Å². The molecule has 1 amide bonds. The second-order valence-corrected chi connectivity index (χ2v) is 6.81. The van der Waals surface area contributed by atoms with Crippen molar-refractivity contribution in [3.63, 3.8) is 0 Å². The van der Waals surface area contributed by atoms with E-state index in [2.05, 4.69) is 4.90 Å². The molecule has 1 aliphatic rings. The van der Waals surface area contributed by atoms with Gasteiger partial charge in [-0.3, -0.25) is 4.79 Å². The quantitative estimate of drug-likeness (QED) is 0.701. The van der Waals surface area contributed by atoms with Crippen molar-refractivity contribution >= 4 is 34.1 Å². The highest BCUT2D eigenvalue weighted by Crippen LogP contribution is 2.27. The molecule has 25 heavy (non-hydrogen) atoms. The van der Waals surface area contributed by atoms with Crippen LogP contribution in [0.15, 0.2) is 54.7 Å². The number of hydrogen-bond acceptors (Lipinski definition) is 2. The van der Waals surface area contributed by atoms with Gasteiger partial charge in [0, 0.05) is 50.3 Å². The van der Waals surface area contributed by atoms with Gasteiger partial charge in [-0.15, -0.1) is 0 Å². The van der Waals surface area contributed by atoms with Gasteiger partial charge in [-0.05, 0) is 18.2 Å². The molecule has 0 saturated carbocycles. The molecular formula is C20H20ClN3O. The molecule has 3 aromatic rings. The standard InChI is InChI=1S/C20H20ClN3O/c1-22-14-16(15-6-2-4-8-18(15)22)20(25)24-12-10-23(11-13-24)19-9-5-3-7-17(19)21/h2-9,14H,10-13H2,1H3. The summed E-state index contributed by atoms with van der Waals surface area (Å²) in [6.45, 7) is 2.99. The normalized spacial score (nSPS) is 15.0. The van der Waals surface area contributed by atoms with Crippen LogP contribution in [0.4, 0.5) is 5.69 Å². The van der Waals surface area contributed by atoms with Crippen LogP contribution in [-0.2, 0) is 7.05 Å². The first-order valence-electron chi connectivity index (χ1n) is 8.48. The van der Waals surface area contributed by atoms with Gasteiger partial charge in [0.1, 0.15) is 0 Å². The van der Waals surface area contributed by atoms with Crippen molar-refractivity contribution in [2.24, 2.45) is 7.05 Å². The van der Waals surface area contributed by atoms with E-state index in [1.807, 2.05) is 71.2 Å². The van der Waals surface area contributed by atoms with E-state index in [-0.39, 0.29) is 5.91 Å². The summed E-state index contributed by atoms with van der Waals surface area (Å²) in [5.74, 6) is 0.107. The number of aromatic nitrogens is 1. The summed E-state index contributed by atoms with van der Waals surface area (Å²) in [6.07, 6.45) is 1.94. The van der Waals surface area contributed by atoms with Crippen molar-refractivity contribution in [1.29, 1.82) is 0 Å². The highest BCUT2D eigenvalue weighted by molar-refractivity contribution is 6.33. The van der Waals surface area contributed by atoms with E-state index in [4.69, 9.17) is 11.6 Å². The second kappa shape index (κ2) is 6.45. The number of hydrogen-bond donors (Lipinski definition) is 0. The summed E-state index contributed by atoms with van der Waals surface area (Å²) in [5.41, 5.74) is 2.91. The fraction of sp³-hybridized carbons (Fsp3) is 0.250. The van der Waals surface area contributed by atoms with Gasteiger partial charge in [0.2, 0.25) is 0 Å². The van der Waals surface area contributed by atoms with E-state index in [0.29, 0.717) is 13.1 Å². The topological polar surface area (TPSA) is 28.5 Å². The molecule has 0 N–H and O–H groups in total. The number of aryl methyl sites for hydroxylation is 1. The molecule has 2 aromatic carbocycles. The van der Waals surface area contributed by atoms with Gasteiger partial charge in [-0.2, -0.15) is 0 Å². The van der Waals surface area contributed by atoms with Crippen molar-refractivity contribution < 1.29 is 4.79 Å². The van der Waals surface area contributed by atoms with Gasteiger partial charge in [0.05, 0.1) is 16.3 Å². The summed E-state index contributed by atoms with van der Waals surface area (Å²) in [7, 11) is 1.98. The van der Waals surface area contributed by atoms with Crippen LogP contribution >= 0.6 is 11.6 Å². The molecule has 0 aliphatic carbocycles. The number of carbonyl (C=O) groups excluding carboxylic acids is 1. The van der Waals surface area contributed by atoms with Crippen LogP contribution in [-0.4, -0.2) is 41.6 Å². The summed E-state index contributed by atoms with van der Waals surface area (Å²) < 4.78 is 2.02. The monoisotopic (exact) mass is 353 g/mol. The molecule has 4 rings (SSSR count). The zero-order valence-corrected chi connectivity index (χ0v) is 14.9. The zero-order chi connectivity index (χ0) is 17.4. The summed E-state index contributed by atoms with van der Waals surface area (Å²) in [5, 5.41) is 1.78. The molecule has 1 aliphatic heterocycles. The Kier molecular flexibility index (Phi) is 4.14. The molecular weight excluding hydrogens is 334 g/mol. The van der Waals surface area contributed by atoms with Crippen molar-refractivity contribution in [2.45, 2.75) is 0 Å². The van der Waals surface area contributed by atoms with Crippen LogP contribution in [0.3, 0.4) is 0 Å². The molecule has 128 valence electrons. The number of amides is 1. The minimum atomic E-state index is 0.107. The molecule has 0 spiro atoms. The minimum Gasteiger partial charge on any atom is -0.367 e. The average molecular weight is 354 g/mol. The van der Waals surface area contributed by atoms with Crippen LogP contribution in [0.25, 0.3) is 10.9 Å². The number of fused-ring (bicyclic) bond motifs is 1. The van der Waals surface area contributed by atoms with E-state index in [1.54, 1.807) is 0 Å². The summed E-state index contributed by atoms with van der Waals surface area (Å²) in [4.78, 5) is 17.2. The molecule has 1 fully saturated rings. The fourth-order valence-corrected chi connectivity index (χ4v) is 3.80. The first-order chi connectivity index (χ1) is 12.1. The van der Waals surface area contributed by atoms with Crippen molar-refractivity contribution in [2.75, 3.05) is 31.1 Å². The van der Waals surface area contributed by atoms with Crippen molar-refractivity contribution in [3.05, 3.63) is 65.3 Å². The maximum Gasteiger partial charge on any atom is 0.256 e. The van der Waals surface area contributed by atoms with Crippen LogP contribution in [0.2, 0.25) is 5.02 Å². The Morgan fingerprint density at radius 2 is 1.64 bits per heavy atom. The summed E-state index contributed by atoms with van der Waals surface area (Å²) in [6, 6.07) is 15.9. The summed E-state index contributed by atoms with van der Waals surface area (Å²) >= 11 is 6.30. The van der Waals surface area contributed by atoms with E-state index < -0.39 is 0 Å². The smallest absolute Gasteiger partial charge is 0.256 e. The molecule has 4 nitrogen and oxygen atoms in total. The van der Waals surface area contributed by atoms with E-state index in [0.717, 1.165) is 40.3 Å². The van der Waals surface area contributed by atoms with Crippen molar-refractivity contribution in [3.8, 4) is 0 Å². The third-order valence-corrected chi connectivity index (χ3v) is 5.21. The first-order valence-corrected chi connectivity index (χ1v) is 8.86. The van der Waals surface area contributed by atoms with Crippen LogP contribution in [0.5, 0.6) is 0 Å². The third kappa shape index (κ3) is 2.87. The minimum absolute atomic E-state index is 0.107. The fourth-order valence-electron chi connectivity index (χ4n) is 3.54. The zero-order valence-electron chi connectivity index (χ0n) is 14.2. The van der Waals surface area contributed by atoms with Crippen molar-refractivity contribution in [1.82, 2.24) is 9.47 Å². The van der Waals surface area contributed by atoms with Crippen LogP contribution in [0, 0.1) is 0 Å². The Hall–Kier alpha value is -2.46. The lowest BCUT2D eigenvalue weighted by atomic mass is 10.1. The number of anilines is 1. The Morgan fingerprint density at radius 3 is 2.40 bits per heavy atom. The molecule has 0 atom stereocenters. The van der Waals surface area contributed by atoms with E-state index in [9.17, 15) is 4.79 Å². The predicted octanol–water partition coefficient (Wildman–Crippen LogP) is 3.79. The maximum atomic E-state index is 13.0. The lowest BCUT2D eigenvalue weighted by Crippen LogP contribution is -2.48. The lowest BCUT2D eigenvalue weighted by molar-refractivity contribution is 0.0748. The highest BCUT2D eigenvalue weighted by Gasteiger charge is 2.25. The van der Waals surface area contributed by atoms with Crippen LogP contribution < -0.4 is 4.90 Å². The molecule has 0 bridgehead atoms. The first kappa shape index (κ1) is 16.0. The Bertz CT molecular complexity index is 926.